The van der Waals surface area contributed by atoms with E-state index in [-0.39, 0.29) is 12.4 Å². The van der Waals surface area contributed by atoms with Gasteiger partial charge in [-0.05, 0) is 42.2 Å². The van der Waals surface area contributed by atoms with E-state index in [1.54, 1.807) is 6.07 Å². The van der Waals surface area contributed by atoms with Crippen LogP contribution in [0.1, 0.15) is 41.3 Å². The Morgan fingerprint density at radius 1 is 1.19 bits per heavy atom. The van der Waals surface area contributed by atoms with Gasteiger partial charge >= 0.3 is 0 Å². The highest BCUT2D eigenvalue weighted by Crippen LogP contribution is 2.27. The Kier molecular flexibility index (Phi) is 5.18. The molecule has 0 radical (unpaired) electrons. The molecule has 0 unspecified atom stereocenters. The maximum Gasteiger partial charge on any atom is 0.200 e. The Bertz CT molecular complexity index is 647. The molecule has 110 valence electrons. The normalized spacial score (nSPS) is 10.7. The van der Waals surface area contributed by atoms with Gasteiger partial charge in [0, 0.05) is 10.0 Å². The first kappa shape index (κ1) is 15.8. The van der Waals surface area contributed by atoms with Gasteiger partial charge in [-0.15, -0.1) is 0 Å². The van der Waals surface area contributed by atoms with E-state index in [1.165, 1.54) is 0 Å². The molecule has 0 heterocycles. The lowest BCUT2D eigenvalue weighted by Gasteiger charge is -2.14. The quantitative estimate of drug-likeness (QED) is 0.700. The molecule has 0 saturated heterocycles. The van der Waals surface area contributed by atoms with E-state index in [9.17, 15) is 4.79 Å². The van der Waals surface area contributed by atoms with Gasteiger partial charge in [-0.1, -0.05) is 54.0 Å². The van der Waals surface area contributed by atoms with Gasteiger partial charge in [0.05, 0.1) is 0 Å². The van der Waals surface area contributed by atoms with Crippen LogP contribution in [-0.4, -0.2) is 12.4 Å². The molecule has 0 bridgehead atoms. The van der Waals surface area contributed by atoms with Crippen LogP contribution >= 0.6 is 15.9 Å². The van der Waals surface area contributed by atoms with E-state index in [4.69, 9.17) is 4.74 Å². The molecule has 0 atom stereocenters. The van der Waals surface area contributed by atoms with Gasteiger partial charge < -0.3 is 4.74 Å². The smallest absolute Gasteiger partial charge is 0.200 e. The Labute approximate surface area is 134 Å². The molecule has 0 amide bonds. The summed E-state index contributed by atoms with van der Waals surface area (Å²) in [6.45, 7) is 6.31. The maximum atomic E-state index is 12.2. The summed E-state index contributed by atoms with van der Waals surface area (Å²) in [5.41, 5.74) is 2.91. The fourth-order valence-corrected chi connectivity index (χ4v) is 2.53. The van der Waals surface area contributed by atoms with Crippen molar-refractivity contribution in [2.75, 3.05) is 6.61 Å². The summed E-state index contributed by atoms with van der Waals surface area (Å²) < 4.78 is 6.67. The van der Waals surface area contributed by atoms with Gasteiger partial charge in [0.2, 0.25) is 0 Å². The third-order valence-electron chi connectivity index (χ3n) is 3.30. The van der Waals surface area contributed by atoms with Crippen molar-refractivity contribution in [3.8, 4) is 5.75 Å². The van der Waals surface area contributed by atoms with Gasteiger partial charge in [0.15, 0.2) is 12.4 Å². The summed E-state index contributed by atoms with van der Waals surface area (Å²) in [5, 5.41) is 0. The van der Waals surface area contributed by atoms with Crippen LogP contribution in [0, 0.1) is 6.92 Å². The van der Waals surface area contributed by atoms with Crippen LogP contribution in [-0.2, 0) is 0 Å². The highest BCUT2D eigenvalue weighted by Gasteiger charge is 2.11. The molecule has 2 rings (SSSR count). The van der Waals surface area contributed by atoms with Crippen LogP contribution in [0.4, 0.5) is 0 Å². The Hall–Kier alpha value is -1.61. The van der Waals surface area contributed by atoms with Gasteiger partial charge in [0.1, 0.15) is 5.75 Å². The van der Waals surface area contributed by atoms with Crippen molar-refractivity contribution < 1.29 is 9.53 Å². The fraction of sp³-hybridized carbons (Fsp3) is 0.278. The zero-order chi connectivity index (χ0) is 15.4. The first-order valence-corrected chi connectivity index (χ1v) is 7.79. The molecule has 0 saturated carbocycles. The number of hydrogen-bond acceptors (Lipinski definition) is 2. The molecule has 0 aliphatic heterocycles. The minimum Gasteiger partial charge on any atom is -0.485 e. The zero-order valence-electron chi connectivity index (χ0n) is 12.5. The molecule has 2 nitrogen and oxygen atoms in total. The van der Waals surface area contributed by atoms with Crippen LogP contribution in [0.25, 0.3) is 0 Å². The summed E-state index contributed by atoms with van der Waals surface area (Å²) in [4.78, 5) is 12.2. The summed E-state index contributed by atoms with van der Waals surface area (Å²) in [7, 11) is 0. The molecule has 0 aliphatic carbocycles. The van der Waals surface area contributed by atoms with Crippen molar-refractivity contribution in [1.82, 2.24) is 0 Å². The number of halogens is 1. The Balaban J connectivity index is 2.13. The number of benzene rings is 2. The monoisotopic (exact) mass is 346 g/mol. The van der Waals surface area contributed by atoms with E-state index >= 15 is 0 Å². The standard InChI is InChI=1S/C18H19BrO2/c1-12(2)16-8-7-13(3)9-18(16)21-11-17(20)14-5-4-6-15(19)10-14/h4-10,12H,11H2,1-3H3. The Morgan fingerprint density at radius 2 is 1.95 bits per heavy atom. The summed E-state index contributed by atoms with van der Waals surface area (Å²) >= 11 is 3.37. The number of carbonyl (C=O) groups excluding carboxylic acids is 1. The van der Waals surface area contributed by atoms with Crippen LogP contribution in [0.3, 0.4) is 0 Å². The second-order valence-corrected chi connectivity index (χ2v) is 6.33. The number of aryl methyl sites for hydroxylation is 1. The molecule has 21 heavy (non-hydrogen) atoms. The van der Waals surface area contributed by atoms with Crippen molar-refractivity contribution >= 4 is 21.7 Å². The first-order valence-electron chi connectivity index (χ1n) is 6.99. The van der Waals surface area contributed by atoms with Gasteiger partial charge in [0.25, 0.3) is 0 Å². The summed E-state index contributed by atoms with van der Waals surface area (Å²) in [6, 6.07) is 13.5. The van der Waals surface area contributed by atoms with Gasteiger partial charge in [-0.2, -0.15) is 0 Å². The van der Waals surface area contributed by atoms with Gasteiger partial charge in [-0.3, -0.25) is 4.79 Å². The van der Waals surface area contributed by atoms with Crippen molar-refractivity contribution in [3.05, 3.63) is 63.6 Å². The SMILES string of the molecule is Cc1ccc(C(C)C)c(OCC(=O)c2cccc(Br)c2)c1. The molecule has 0 fully saturated rings. The molecule has 0 N–H and O–H groups in total. The molecular formula is C18H19BrO2. The van der Waals surface area contributed by atoms with Crippen LogP contribution in [0.2, 0.25) is 0 Å². The second kappa shape index (κ2) is 6.90. The van der Waals surface area contributed by atoms with E-state index in [0.29, 0.717) is 11.5 Å². The topological polar surface area (TPSA) is 26.3 Å². The third-order valence-corrected chi connectivity index (χ3v) is 3.79. The lowest BCUT2D eigenvalue weighted by molar-refractivity contribution is 0.0920. The molecule has 3 heteroatoms. The lowest BCUT2D eigenvalue weighted by atomic mass is 10.0. The molecule has 2 aromatic rings. The minimum absolute atomic E-state index is 0.0208. The molecule has 0 spiro atoms. The predicted molar refractivity (Wildman–Crippen MR) is 89.2 cm³/mol. The average Bonchev–Trinajstić information content (AvgIpc) is 2.44. The average molecular weight is 347 g/mol. The van der Waals surface area contributed by atoms with E-state index < -0.39 is 0 Å². The van der Waals surface area contributed by atoms with E-state index in [2.05, 4.69) is 41.9 Å². The van der Waals surface area contributed by atoms with Crippen molar-refractivity contribution in [2.45, 2.75) is 26.7 Å². The van der Waals surface area contributed by atoms with Crippen LogP contribution in [0.5, 0.6) is 5.75 Å². The third kappa shape index (κ3) is 4.18. The van der Waals surface area contributed by atoms with Crippen molar-refractivity contribution in [1.29, 1.82) is 0 Å². The largest absolute Gasteiger partial charge is 0.485 e. The number of carbonyl (C=O) groups is 1. The molecular weight excluding hydrogens is 328 g/mol. The van der Waals surface area contributed by atoms with E-state index in [0.717, 1.165) is 21.3 Å². The highest BCUT2D eigenvalue weighted by molar-refractivity contribution is 9.10. The molecule has 0 aromatic heterocycles. The number of Topliss-reactive ketones (excluding diaryl/α,β-unsaturated/α-hetero) is 1. The number of ketones is 1. The maximum absolute atomic E-state index is 12.2. The minimum atomic E-state index is -0.0208. The number of hydrogen-bond donors (Lipinski definition) is 0. The van der Waals surface area contributed by atoms with Crippen molar-refractivity contribution in [3.63, 3.8) is 0 Å². The summed E-state index contributed by atoms with van der Waals surface area (Å²) in [6.07, 6.45) is 0. The van der Waals surface area contributed by atoms with E-state index in [1.807, 2.05) is 31.2 Å². The predicted octanol–water partition coefficient (Wildman–Crippen LogP) is 5.14. The van der Waals surface area contributed by atoms with Crippen LogP contribution in [0.15, 0.2) is 46.9 Å². The zero-order valence-corrected chi connectivity index (χ0v) is 14.1. The second-order valence-electron chi connectivity index (χ2n) is 5.42. The Morgan fingerprint density at radius 3 is 2.62 bits per heavy atom. The first-order chi connectivity index (χ1) is 9.97. The highest BCUT2D eigenvalue weighted by atomic mass is 79.9. The summed E-state index contributed by atoms with van der Waals surface area (Å²) in [5.74, 6) is 1.14. The number of rotatable bonds is 5. The van der Waals surface area contributed by atoms with Gasteiger partial charge in [-0.25, -0.2) is 0 Å². The molecule has 2 aromatic carbocycles. The fourth-order valence-electron chi connectivity index (χ4n) is 2.13. The van der Waals surface area contributed by atoms with Crippen LogP contribution < -0.4 is 4.74 Å². The lowest BCUT2D eigenvalue weighted by Crippen LogP contribution is -2.12. The molecule has 0 aliphatic rings. The van der Waals surface area contributed by atoms with Crippen molar-refractivity contribution in [2.24, 2.45) is 0 Å². The number of ether oxygens (including phenoxy) is 1.